The van der Waals surface area contributed by atoms with Gasteiger partial charge in [0.25, 0.3) is 0 Å². The van der Waals surface area contributed by atoms with Crippen LogP contribution in [-0.2, 0) is 9.53 Å². The van der Waals surface area contributed by atoms with Gasteiger partial charge in [-0.05, 0) is 6.42 Å². The molecule has 0 aromatic heterocycles. The number of ketones is 1. The highest BCUT2D eigenvalue weighted by Gasteiger charge is 2.36. The molecule has 1 fully saturated rings. The van der Waals surface area contributed by atoms with E-state index in [1.165, 1.54) is 0 Å². The molecular formula is C12H21NO3. The van der Waals surface area contributed by atoms with Crippen LogP contribution in [0, 0.1) is 5.41 Å². The number of hydrogen-bond acceptors (Lipinski definition) is 3. The van der Waals surface area contributed by atoms with E-state index >= 15 is 0 Å². The molecule has 0 saturated carbocycles. The molecule has 0 radical (unpaired) electrons. The molecule has 0 bridgehead atoms. The second kappa shape index (κ2) is 5.32. The Bertz CT molecular complexity index is 273. The standard InChI is InChI=1S/C12H21NO3/c1-4-5-8-16-11(15)13-7-6-10(14)12(2,3)9-13/h4-9H2,1-3H3. The van der Waals surface area contributed by atoms with Crippen molar-refractivity contribution in [3.8, 4) is 0 Å². The molecule has 1 aliphatic heterocycles. The van der Waals surface area contributed by atoms with E-state index < -0.39 is 5.41 Å². The van der Waals surface area contributed by atoms with Crippen molar-refractivity contribution in [3.05, 3.63) is 0 Å². The van der Waals surface area contributed by atoms with Crippen molar-refractivity contribution in [2.45, 2.75) is 40.0 Å². The molecule has 0 aliphatic carbocycles. The number of likely N-dealkylation sites (tertiary alicyclic amines) is 1. The second-order valence-corrected chi connectivity index (χ2v) is 4.95. The van der Waals surface area contributed by atoms with Gasteiger partial charge in [-0.25, -0.2) is 4.79 Å². The molecule has 1 rings (SSSR count). The maximum Gasteiger partial charge on any atom is 0.409 e. The predicted molar refractivity (Wildman–Crippen MR) is 61.2 cm³/mol. The molecular weight excluding hydrogens is 206 g/mol. The van der Waals surface area contributed by atoms with E-state index in [1.54, 1.807) is 4.90 Å². The van der Waals surface area contributed by atoms with Crippen LogP contribution in [0.4, 0.5) is 4.79 Å². The minimum absolute atomic E-state index is 0.227. The highest BCUT2D eigenvalue weighted by molar-refractivity contribution is 5.86. The first-order chi connectivity index (χ1) is 7.47. The lowest BCUT2D eigenvalue weighted by molar-refractivity contribution is -0.130. The van der Waals surface area contributed by atoms with Gasteiger partial charge in [-0.2, -0.15) is 0 Å². The molecule has 1 amide bonds. The quantitative estimate of drug-likeness (QED) is 0.694. The zero-order chi connectivity index (χ0) is 12.2. The minimum atomic E-state index is -0.429. The SMILES string of the molecule is CCCCOC(=O)N1CCC(=O)C(C)(C)C1. The van der Waals surface area contributed by atoms with E-state index in [4.69, 9.17) is 4.74 Å². The second-order valence-electron chi connectivity index (χ2n) is 4.95. The van der Waals surface area contributed by atoms with Crippen LogP contribution in [0.15, 0.2) is 0 Å². The molecule has 0 unspecified atom stereocenters. The average molecular weight is 227 g/mol. The Hall–Kier alpha value is -1.06. The first-order valence-electron chi connectivity index (χ1n) is 5.92. The summed E-state index contributed by atoms with van der Waals surface area (Å²) >= 11 is 0. The Balaban J connectivity index is 2.43. The van der Waals surface area contributed by atoms with Gasteiger partial charge < -0.3 is 9.64 Å². The Labute approximate surface area is 96.9 Å². The summed E-state index contributed by atoms with van der Waals surface area (Å²) in [6.45, 7) is 7.24. The summed E-state index contributed by atoms with van der Waals surface area (Å²) in [5.41, 5.74) is -0.429. The number of nitrogens with zero attached hydrogens (tertiary/aromatic N) is 1. The van der Waals surface area contributed by atoms with Crippen molar-refractivity contribution >= 4 is 11.9 Å². The lowest BCUT2D eigenvalue weighted by atomic mass is 9.83. The van der Waals surface area contributed by atoms with Gasteiger partial charge in [0.05, 0.1) is 6.61 Å². The zero-order valence-corrected chi connectivity index (χ0v) is 10.4. The fourth-order valence-electron chi connectivity index (χ4n) is 1.77. The van der Waals surface area contributed by atoms with Gasteiger partial charge in [0, 0.05) is 24.9 Å². The number of amides is 1. The summed E-state index contributed by atoms with van der Waals surface area (Å²) in [6.07, 6.45) is 2.06. The lowest BCUT2D eigenvalue weighted by Gasteiger charge is -2.35. The van der Waals surface area contributed by atoms with E-state index in [9.17, 15) is 9.59 Å². The number of rotatable bonds is 3. The number of Topliss-reactive ketones (excluding diaryl/α,β-unsaturated/α-hetero) is 1. The number of hydrogen-bond donors (Lipinski definition) is 0. The average Bonchev–Trinajstić information content (AvgIpc) is 2.22. The van der Waals surface area contributed by atoms with E-state index in [-0.39, 0.29) is 11.9 Å². The molecule has 4 nitrogen and oxygen atoms in total. The molecule has 0 aromatic carbocycles. The van der Waals surface area contributed by atoms with Crippen molar-refractivity contribution in [1.82, 2.24) is 4.90 Å². The molecule has 1 heterocycles. The molecule has 16 heavy (non-hydrogen) atoms. The van der Waals surface area contributed by atoms with Gasteiger partial charge in [0.2, 0.25) is 0 Å². The van der Waals surface area contributed by atoms with Crippen LogP contribution >= 0.6 is 0 Å². The maximum atomic E-state index is 11.7. The third kappa shape index (κ3) is 3.22. The first-order valence-corrected chi connectivity index (χ1v) is 5.92. The summed E-state index contributed by atoms with van der Waals surface area (Å²) < 4.78 is 5.13. The number of ether oxygens (including phenoxy) is 1. The summed E-state index contributed by atoms with van der Waals surface area (Å²) in [5, 5.41) is 0. The van der Waals surface area contributed by atoms with Crippen LogP contribution in [-0.4, -0.2) is 36.5 Å². The fourth-order valence-corrected chi connectivity index (χ4v) is 1.77. The fraction of sp³-hybridized carbons (Fsp3) is 0.833. The van der Waals surface area contributed by atoms with Crippen LogP contribution in [0.5, 0.6) is 0 Å². The lowest BCUT2D eigenvalue weighted by Crippen LogP contribution is -2.48. The summed E-state index contributed by atoms with van der Waals surface area (Å²) in [6, 6.07) is 0. The van der Waals surface area contributed by atoms with Crippen LogP contribution in [0.3, 0.4) is 0 Å². The van der Waals surface area contributed by atoms with Gasteiger partial charge in [-0.1, -0.05) is 27.2 Å². The summed E-state index contributed by atoms with van der Waals surface area (Å²) in [4.78, 5) is 24.9. The highest BCUT2D eigenvalue weighted by Crippen LogP contribution is 2.25. The normalized spacial score (nSPS) is 19.7. The molecule has 4 heteroatoms. The number of carbonyl (C=O) groups excluding carboxylic acids is 2. The topological polar surface area (TPSA) is 46.6 Å². The van der Waals surface area contributed by atoms with Gasteiger partial charge in [-0.15, -0.1) is 0 Å². The number of unbranched alkanes of at least 4 members (excludes halogenated alkanes) is 1. The monoisotopic (exact) mass is 227 g/mol. The molecule has 1 aliphatic rings. The molecule has 0 aromatic rings. The molecule has 0 atom stereocenters. The Morgan fingerprint density at radius 2 is 2.19 bits per heavy atom. The van der Waals surface area contributed by atoms with E-state index in [1.807, 2.05) is 13.8 Å². The van der Waals surface area contributed by atoms with Gasteiger partial charge in [-0.3, -0.25) is 4.79 Å². The highest BCUT2D eigenvalue weighted by atomic mass is 16.6. The minimum Gasteiger partial charge on any atom is -0.449 e. The zero-order valence-electron chi connectivity index (χ0n) is 10.4. The van der Waals surface area contributed by atoms with Gasteiger partial charge in [0.15, 0.2) is 0 Å². The summed E-state index contributed by atoms with van der Waals surface area (Å²) in [7, 11) is 0. The van der Waals surface area contributed by atoms with Crippen molar-refractivity contribution in [2.24, 2.45) is 5.41 Å². The first kappa shape index (κ1) is 13.0. The van der Waals surface area contributed by atoms with Gasteiger partial charge >= 0.3 is 6.09 Å². The molecule has 0 N–H and O–H groups in total. The Morgan fingerprint density at radius 3 is 2.75 bits per heavy atom. The summed E-state index contributed by atoms with van der Waals surface area (Å²) in [5.74, 6) is 0.227. The molecule has 92 valence electrons. The van der Waals surface area contributed by atoms with Crippen molar-refractivity contribution in [2.75, 3.05) is 19.7 Å². The van der Waals surface area contributed by atoms with Crippen molar-refractivity contribution in [3.63, 3.8) is 0 Å². The van der Waals surface area contributed by atoms with Gasteiger partial charge in [0.1, 0.15) is 5.78 Å². The molecule has 1 saturated heterocycles. The van der Waals surface area contributed by atoms with Crippen LogP contribution in [0.25, 0.3) is 0 Å². The third-order valence-corrected chi connectivity index (χ3v) is 2.93. The van der Waals surface area contributed by atoms with Crippen molar-refractivity contribution < 1.29 is 14.3 Å². The number of carbonyl (C=O) groups is 2. The smallest absolute Gasteiger partial charge is 0.409 e. The van der Waals surface area contributed by atoms with Crippen LogP contribution < -0.4 is 0 Å². The molecule has 0 spiro atoms. The Morgan fingerprint density at radius 1 is 1.50 bits per heavy atom. The predicted octanol–water partition coefficient (Wildman–Crippen LogP) is 2.22. The van der Waals surface area contributed by atoms with E-state index in [0.717, 1.165) is 12.8 Å². The van der Waals surface area contributed by atoms with E-state index in [2.05, 4.69) is 6.92 Å². The van der Waals surface area contributed by atoms with Crippen LogP contribution in [0.2, 0.25) is 0 Å². The maximum absolute atomic E-state index is 11.7. The van der Waals surface area contributed by atoms with Crippen molar-refractivity contribution in [1.29, 1.82) is 0 Å². The number of piperidine rings is 1. The van der Waals surface area contributed by atoms with E-state index in [0.29, 0.717) is 26.1 Å². The Kier molecular flexibility index (Phi) is 4.33. The third-order valence-electron chi connectivity index (χ3n) is 2.93. The van der Waals surface area contributed by atoms with Crippen LogP contribution in [0.1, 0.15) is 40.0 Å². The largest absolute Gasteiger partial charge is 0.449 e.